The second kappa shape index (κ2) is 7.33. The normalized spacial score (nSPS) is 10.3. The monoisotopic (exact) mass is 331 g/mol. The maximum atomic E-state index is 12.0. The number of hydrogen-bond donors (Lipinski definition) is 0. The summed E-state index contributed by atoms with van der Waals surface area (Å²) in [6, 6.07) is 7.72. The van der Waals surface area contributed by atoms with Gasteiger partial charge < -0.3 is 14.4 Å². The van der Waals surface area contributed by atoms with Crippen LogP contribution in [0, 0.1) is 0 Å². The van der Waals surface area contributed by atoms with Crippen molar-refractivity contribution in [2.75, 3.05) is 26.2 Å². The molecule has 0 aliphatic carbocycles. The lowest BCUT2D eigenvalue weighted by molar-refractivity contribution is 0.0597. The summed E-state index contributed by atoms with van der Waals surface area (Å²) in [6.07, 6.45) is 0.815. The van der Waals surface area contributed by atoms with Gasteiger partial charge in [-0.2, -0.15) is 0 Å². The Hall–Kier alpha value is -2.27. The molecule has 1 aromatic carbocycles. The van der Waals surface area contributed by atoms with Crippen molar-refractivity contribution in [3.63, 3.8) is 0 Å². The number of esters is 1. The highest BCUT2D eigenvalue weighted by Crippen LogP contribution is 2.34. The van der Waals surface area contributed by atoms with Crippen molar-refractivity contribution in [2.24, 2.45) is 0 Å². The summed E-state index contributed by atoms with van der Waals surface area (Å²) in [5.41, 5.74) is 3.30. The zero-order valence-electron chi connectivity index (χ0n) is 13.9. The van der Waals surface area contributed by atoms with Gasteiger partial charge in [0.1, 0.15) is 11.3 Å². The number of thiophene rings is 1. The molecule has 0 atom stereocenters. The van der Waals surface area contributed by atoms with Crippen LogP contribution in [0.15, 0.2) is 36.2 Å². The topological polar surface area (TPSA) is 38.8 Å². The van der Waals surface area contributed by atoms with E-state index in [4.69, 9.17) is 9.47 Å². The molecule has 0 unspecified atom stereocenters. The fourth-order valence-electron chi connectivity index (χ4n) is 2.40. The number of ether oxygens (including phenoxy) is 2. The third-order valence-electron chi connectivity index (χ3n) is 3.76. The fourth-order valence-corrected chi connectivity index (χ4v) is 3.13. The van der Waals surface area contributed by atoms with Crippen LogP contribution in [0.3, 0.4) is 0 Å². The van der Waals surface area contributed by atoms with Crippen molar-refractivity contribution in [3.8, 4) is 5.75 Å². The minimum atomic E-state index is -0.416. The summed E-state index contributed by atoms with van der Waals surface area (Å²) < 4.78 is 10.2. The molecule has 1 aromatic heterocycles. The van der Waals surface area contributed by atoms with Crippen molar-refractivity contribution in [1.82, 2.24) is 0 Å². The van der Waals surface area contributed by atoms with Crippen LogP contribution in [0.4, 0.5) is 5.69 Å². The third-order valence-corrected chi connectivity index (χ3v) is 4.68. The van der Waals surface area contributed by atoms with E-state index in [1.54, 1.807) is 18.4 Å². The van der Waals surface area contributed by atoms with Crippen LogP contribution in [0.5, 0.6) is 5.75 Å². The van der Waals surface area contributed by atoms with Crippen LogP contribution in [0.1, 0.15) is 27.7 Å². The quantitative estimate of drug-likeness (QED) is 0.743. The van der Waals surface area contributed by atoms with Gasteiger partial charge in [0.15, 0.2) is 0 Å². The van der Waals surface area contributed by atoms with Crippen molar-refractivity contribution in [3.05, 3.63) is 52.2 Å². The molecule has 2 rings (SSSR count). The number of anilines is 1. The lowest BCUT2D eigenvalue weighted by Crippen LogP contribution is -2.17. The highest BCUT2D eigenvalue weighted by atomic mass is 32.1. The average molecular weight is 331 g/mol. The number of carbonyl (C=O) groups excluding carboxylic acids is 1. The predicted molar refractivity (Wildman–Crippen MR) is 95.5 cm³/mol. The lowest BCUT2D eigenvalue weighted by atomic mass is 10.0. The second-order valence-corrected chi connectivity index (χ2v) is 5.96. The Labute approximate surface area is 141 Å². The third kappa shape index (κ3) is 3.40. The van der Waals surface area contributed by atoms with Crippen molar-refractivity contribution in [1.29, 1.82) is 0 Å². The van der Waals surface area contributed by atoms with Crippen LogP contribution in [-0.2, 0) is 11.2 Å². The Balaban J connectivity index is 2.51. The molecule has 2 aromatic rings. The first-order valence-corrected chi connectivity index (χ1v) is 8.17. The number of methoxy groups -OCH3 is 2. The minimum absolute atomic E-state index is 0.410. The SMILES string of the molecule is C=C(c1cccs1)N(C)c1cc(C(=O)OC)c(OC)cc1CC. The number of benzene rings is 1. The molecule has 1 heterocycles. The van der Waals surface area contributed by atoms with Gasteiger partial charge in [-0.25, -0.2) is 4.79 Å². The molecule has 122 valence electrons. The zero-order valence-corrected chi connectivity index (χ0v) is 14.7. The molecule has 5 heteroatoms. The average Bonchev–Trinajstić information content (AvgIpc) is 3.12. The van der Waals surface area contributed by atoms with Crippen LogP contribution < -0.4 is 9.64 Å². The highest BCUT2D eigenvalue weighted by Gasteiger charge is 2.19. The van der Waals surface area contributed by atoms with E-state index >= 15 is 0 Å². The molecule has 0 spiro atoms. The summed E-state index contributed by atoms with van der Waals surface area (Å²) in [4.78, 5) is 15.1. The van der Waals surface area contributed by atoms with E-state index in [1.807, 2.05) is 41.6 Å². The number of carbonyl (C=O) groups is 1. The number of aryl methyl sites for hydroxylation is 1. The van der Waals surface area contributed by atoms with Gasteiger partial charge >= 0.3 is 5.97 Å². The van der Waals surface area contributed by atoms with E-state index in [1.165, 1.54) is 7.11 Å². The van der Waals surface area contributed by atoms with Gasteiger partial charge in [-0.05, 0) is 35.6 Å². The first kappa shape index (κ1) is 17.1. The molecule has 0 N–H and O–H groups in total. The molecule has 0 aliphatic heterocycles. The predicted octanol–water partition coefficient (Wildman–Crippen LogP) is 4.21. The smallest absolute Gasteiger partial charge is 0.341 e. The van der Waals surface area contributed by atoms with Gasteiger partial charge in [0, 0.05) is 12.7 Å². The molecule has 0 fully saturated rings. The van der Waals surface area contributed by atoms with Crippen LogP contribution >= 0.6 is 11.3 Å². The van der Waals surface area contributed by atoms with E-state index in [2.05, 4.69) is 13.5 Å². The zero-order chi connectivity index (χ0) is 17.0. The number of nitrogens with zero attached hydrogens (tertiary/aromatic N) is 1. The summed E-state index contributed by atoms with van der Waals surface area (Å²) in [7, 11) is 4.86. The van der Waals surface area contributed by atoms with Crippen molar-refractivity contribution < 1.29 is 14.3 Å². The summed E-state index contributed by atoms with van der Waals surface area (Å²) in [5, 5.41) is 2.02. The molecule has 0 amide bonds. The van der Waals surface area contributed by atoms with Gasteiger partial charge in [-0.3, -0.25) is 0 Å². The van der Waals surface area contributed by atoms with Gasteiger partial charge in [-0.15, -0.1) is 11.3 Å². The molecule has 4 nitrogen and oxygen atoms in total. The Kier molecular flexibility index (Phi) is 5.45. The number of rotatable bonds is 6. The van der Waals surface area contributed by atoms with E-state index in [-0.39, 0.29) is 0 Å². The van der Waals surface area contributed by atoms with Crippen LogP contribution in [0.25, 0.3) is 5.70 Å². The Morgan fingerprint density at radius 1 is 1.35 bits per heavy atom. The Bertz CT molecular complexity index is 707. The van der Waals surface area contributed by atoms with Crippen LogP contribution in [-0.4, -0.2) is 27.2 Å². The Morgan fingerprint density at radius 2 is 2.09 bits per heavy atom. The van der Waals surface area contributed by atoms with Crippen molar-refractivity contribution in [2.45, 2.75) is 13.3 Å². The molecular formula is C18H21NO3S. The Morgan fingerprint density at radius 3 is 2.61 bits per heavy atom. The lowest BCUT2D eigenvalue weighted by Gasteiger charge is -2.25. The minimum Gasteiger partial charge on any atom is -0.496 e. The highest BCUT2D eigenvalue weighted by molar-refractivity contribution is 7.11. The molecule has 0 aliphatic rings. The maximum Gasteiger partial charge on any atom is 0.341 e. The van der Waals surface area contributed by atoms with Crippen molar-refractivity contribution >= 4 is 28.7 Å². The number of hydrogen-bond acceptors (Lipinski definition) is 5. The van der Waals surface area contributed by atoms with E-state index in [0.717, 1.165) is 28.2 Å². The molecule has 0 bridgehead atoms. The molecule has 0 saturated heterocycles. The van der Waals surface area contributed by atoms with E-state index < -0.39 is 5.97 Å². The fraction of sp³-hybridized carbons (Fsp3) is 0.278. The molecule has 0 radical (unpaired) electrons. The van der Waals surface area contributed by atoms with Gasteiger partial charge in [0.25, 0.3) is 0 Å². The molecule has 23 heavy (non-hydrogen) atoms. The van der Waals surface area contributed by atoms with Gasteiger partial charge in [0.05, 0.1) is 24.8 Å². The first-order chi connectivity index (χ1) is 11.0. The summed E-state index contributed by atoms with van der Waals surface area (Å²) in [5.74, 6) is 0.105. The van der Waals surface area contributed by atoms with E-state index in [9.17, 15) is 4.79 Å². The first-order valence-electron chi connectivity index (χ1n) is 7.29. The van der Waals surface area contributed by atoms with Gasteiger partial charge in [0.2, 0.25) is 0 Å². The van der Waals surface area contributed by atoms with E-state index in [0.29, 0.717) is 11.3 Å². The van der Waals surface area contributed by atoms with Crippen LogP contribution in [0.2, 0.25) is 0 Å². The summed E-state index contributed by atoms with van der Waals surface area (Å²) >= 11 is 1.63. The molecular weight excluding hydrogens is 310 g/mol. The molecule has 0 saturated carbocycles. The summed E-state index contributed by atoms with van der Waals surface area (Å²) in [6.45, 7) is 6.24. The van der Waals surface area contributed by atoms with Gasteiger partial charge in [-0.1, -0.05) is 19.6 Å². The maximum absolute atomic E-state index is 12.0. The second-order valence-electron chi connectivity index (χ2n) is 5.01. The largest absolute Gasteiger partial charge is 0.496 e. The standard InChI is InChI=1S/C18H21NO3S/c1-6-13-10-16(21-4)14(18(20)22-5)11-15(13)19(3)12(2)17-8-7-9-23-17/h7-11H,2,6H2,1,3-5H3.